The number of aromatic nitrogens is 2. The second kappa shape index (κ2) is 9.16. The van der Waals surface area contributed by atoms with Crippen LogP contribution in [0.25, 0.3) is 22.2 Å². The highest BCUT2D eigenvalue weighted by Gasteiger charge is 2.19. The van der Waals surface area contributed by atoms with E-state index in [-0.39, 0.29) is 11.3 Å². The fourth-order valence-corrected chi connectivity index (χ4v) is 4.07. The average Bonchev–Trinajstić information content (AvgIpc) is 2.77. The molecule has 0 spiro atoms. The van der Waals surface area contributed by atoms with E-state index in [0.717, 1.165) is 60.6 Å². The fourth-order valence-electron chi connectivity index (χ4n) is 3.72. The predicted molar refractivity (Wildman–Crippen MR) is 120 cm³/mol. The Labute approximate surface area is 185 Å². The molecule has 1 fully saturated rings. The van der Waals surface area contributed by atoms with Gasteiger partial charge in [-0.3, -0.25) is 9.69 Å². The van der Waals surface area contributed by atoms with Crippen LogP contribution in [0.4, 0.5) is 5.69 Å². The summed E-state index contributed by atoms with van der Waals surface area (Å²) < 4.78 is 4.73. The van der Waals surface area contributed by atoms with E-state index >= 15 is 0 Å². The number of ether oxygens (including phenoxy) is 1. The number of rotatable bonds is 5. The Kier molecular flexibility index (Phi) is 6.37. The van der Waals surface area contributed by atoms with Crippen LogP contribution < -0.4 is 4.90 Å². The van der Waals surface area contributed by atoms with Gasteiger partial charge in [0.1, 0.15) is 0 Å². The van der Waals surface area contributed by atoms with Crippen molar-refractivity contribution in [2.75, 3.05) is 44.7 Å². The Balaban J connectivity index is 1.54. The SMILES string of the molecule is COC(=O)CCN1CCN(c2cccc(-c3nc(Cl)nc4ccc(Cl)cc34)c2)CC1. The second-order valence-electron chi connectivity index (χ2n) is 7.21. The van der Waals surface area contributed by atoms with Crippen LogP contribution in [-0.2, 0) is 9.53 Å². The minimum atomic E-state index is -0.166. The molecule has 2 heterocycles. The first-order chi connectivity index (χ1) is 14.5. The maximum atomic E-state index is 11.4. The molecule has 4 rings (SSSR count). The third-order valence-corrected chi connectivity index (χ3v) is 5.75. The zero-order valence-electron chi connectivity index (χ0n) is 16.6. The van der Waals surface area contributed by atoms with Crippen LogP contribution in [0.1, 0.15) is 6.42 Å². The molecule has 2 aromatic carbocycles. The minimum absolute atomic E-state index is 0.166. The standard InChI is InChI=1S/C22H22Cl2N4O2/c1-30-20(29)7-8-27-9-11-28(12-10-27)17-4-2-3-15(13-17)21-18-14-16(23)5-6-19(18)25-22(24)26-21/h2-6,13-14H,7-12H2,1H3. The largest absolute Gasteiger partial charge is 0.469 e. The van der Waals surface area contributed by atoms with E-state index in [2.05, 4.69) is 31.9 Å². The van der Waals surface area contributed by atoms with Crippen molar-refractivity contribution in [1.29, 1.82) is 0 Å². The summed E-state index contributed by atoms with van der Waals surface area (Å²) in [5.41, 5.74) is 3.63. The topological polar surface area (TPSA) is 58.6 Å². The van der Waals surface area contributed by atoms with Crippen LogP contribution in [0.3, 0.4) is 0 Å². The van der Waals surface area contributed by atoms with Gasteiger partial charge in [0.15, 0.2) is 0 Å². The van der Waals surface area contributed by atoms with Gasteiger partial charge in [0.2, 0.25) is 5.28 Å². The van der Waals surface area contributed by atoms with Gasteiger partial charge in [-0.05, 0) is 41.9 Å². The zero-order valence-corrected chi connectivity index (χ0v) is 18.2. The molecule has 8 heteroatoms. The molecule has 0 saturated carbocycles. The summed E-state index contributed by atoms with van der Waals surface area (Å²) in [5, 5.41) is 1.72. The molecule has 3 aromatic rings. The van der Waals surface area contributed by atoms with Crippen LogP contribution in [0.5, 0.6) is 0 Å². The predicted octanol–water partition coefficient (Wildman–Crippen LogP) is 4.29. The number of hydrogen-bond acceptors (Lipinski definition) is 6. The van der Waals surface area contributed by atoms with Gasteiger partial charge < -0.3 is 9.64 Å². The number of benzene rings is 2. The van der Waals surface area contributed by atoms with Crippen LogP contribution in [0, 0.1) is 0 Å². The Hall–Kier alpha value is -2.41. The number of carbonyl (C=O) groups is 1. The molecule has 30 heavy (non-hydrogen) atoms. The molecule has 0 amide bonds. The first-order valence-corrected chi connectivity index (χ1v) is 10.6. The lowest BCUT2D eigenvalue weighted by atomic mass is 10.1. The van der Waals surface area contributed by atoms with Gasteiger partial charge in [0.05, 0.1) is 24.7 Å². The summed E-state index contributed by atoms with van der Waals surface area (Å²) in [6, 6.07) is 13.8. The minimum Gasteiger partial charge on any atom is -0.469 e. The van der Waals surface area contributed by atoms with Gasteiger partial charge in [-0.15, -0.1) is 0 Å². The molecular formula is C22H22Cl2N4O2. The lowest BCUT2D eigenvalue weighted by molar-refractivity contribution is -0.141. The van der Waals surface area contributed by atoms with E-state index in [1.165, 1.54) is 7.11 Å². The number of nitrogens with zero attached hydrogens (tertiary/aromatic N) is 4. The molecule has 0 bridgehead atoms. The van der Waals surface area contributed by atoms with Crippen LogP contribution in [-0.4, -0.2) is 60.7 Å². The summed E-state index contributed by atoms with van der Waals surface area (Å²) in [4.78, 5) is 24.8. The van der Waals surface area contributed by atoms with Crippen molar-refractivity contribution >= 4 is 45.8 Å². The maximum Gasteiger partial charge on any atom is 0.306 e. The second-order valence-corrected chi connectivity index (χ2v) is 7.98. The molecule has 1 aliphatic heterocycles. The molecule has 1 saturated heterocycles. The van der Waals surface area contributed by atoms with Gasteiger partial charge in [-0.1, -0.05) is 23.7 Å². The van der Waals surface area contributed by atoms with Crippen molar-refractivity contribution in [2.24, 2.45) is 0 Å². The highest BCUT2D eigenvalue weighted by atomic mass is 35.5. The normalized spacial score (nSPS) is 14.8. The Morgan fingerprint density at radius 2 is 1.87 bits per heavy atom. The number of esters is 1. The number of fused-ring (bicyclic) bond motifs is 1. The maximum absolute atomic E-state index is 11.4. The number of anilines is 1. The monoisotopic (exact) mass is 444 g/mol. The highest BCUT2D eigenvalue weighted by molar-refractivity contribution is 6.31. The van der Waals surface area contributed by atoms with E-state index < -0.39 is 0 Å². The summed E-state index contributed by atoms with van der Waals surface area (Å²) in [7, 11) is 1.43. The van der Waals surface area contributed by atoms with Crippen molar-refractivity contribution in [2.45, 2.75) is 6.42 Å². The number of piperazine rings is 1. The smallest absolute Gasteiger partial charge is 0.306 e. The number of carbonyl (C=O) groups excluding carboxylic acids is 1. The lowest BCUT2D eigenvalue weighted by Gasteiger charge is -2.36. The Morgan fingerprint density at radius 1 is 1.07 bits per heavy atom. The van der Waals surface area contributed by atoms with E-state index in [0.29, 0.717) is 11.4 Å². The Bertz CT molecular complexity index is 1070. The molecule has 156 valence electrons. The van der Waals surface area contributed by atoms with Gasteiger partial charge in [-0.25, -0.2) is 9.97 Å². The molecule has 0 radical (unpaired) electrons. The lowest BCUT2D eigenvalue weighted by Crippen LogP contribution is -2.47. The van der Waals surface area contributed by atoms with E-state index in [1.54, 1.807) is 6.07 Å². The Morgan fingerprint density at radius 3 is 2.63 bits per heavy atom. The first kappa shape index (κ1) is 20.8. The van der Waals surface area contributed by atoms with Crippen LogP contribution >= 0.6 is 23.2 Å². The van der Waals surface area contributed by atoms with Gasteiger partial charge >= 0.3 is 5.97 Å². The quantitative estimate of drug-likeness (QED) is 0.432. The highest BCUT2D eigenvalue weighted by Crippen LogP contribution is 2.31. The van der Waals surface area contributed by atoms with Crippen molar-refractivity contribution < 1.29 is 9.53 Å². The number of methoxy groups -OCH3 is 1. The molecule has 1 aromatic heterocycles. The molecule has 1 aliphatic rings. The molecule has 0 unspecified atom stereocenters. The molecule has 0 N–H and O–H groups in total. The van der Waals surface area contributed by atoms with Crippen molar-refractivity contribution in [1.82, 2.24) is 14.9 Å². The van der Waals surface area contributed by atoms with Crippen LogP contribution in [0.2, 0.25) is 10.3 Å². The van der Waals surface area contributed by atoms with Crippen molar-refractivity contribution in [3.8, 4) is 11.3 Å². The van der Waals surface area contributed by atoms with Gasteiger partial charge in [0.25, 0.3) is 0 Å². The summed E-state index contributed by atoms with van der Waals surface area (Å²) in [6.45, 7) is 4.31. The first-order valence-electron chi connectivity index (χ1n) is 9.81. The number of hydrogen-bond donors (Lipinski definition) is 0. The van der Waals surface area contributed by atoms with E-state index in [4.69, 9.17) is 27.9 Å². The zero-order chi connectivity index (χ0) is 21.1. The fraction of sp³-hybridized carbons (Fsp3) is 0.318. The van der Waals surface area contributed by atoms with Crippen LogP contribution in [0.15, 0.2) is 42.5 Å². The average molecular weight is 445 g/mol. The van der Waals surface area contributed by atoms with E-state index in [1.807, 2.05) is 24.3 Å². The molecule has 0 atom stereocenters. The third kappa shape index (κ3) is 4.67. The molecule has 6 nitrogen and oxygen atoms in total. The molecule has 0 aliphatic carbocycles. The number of halogens is 2. The van der Waals surface area contributed by atoms with Gasteiger partial charge in [-0.2, -0.15) is 0 Å². The van der Waals surface area contributed by atoms with Crippen molar-refractivity contribution in [3.05, 3.63) is 52.8 Å². The summed E-state index contributed by atoms with van der Waals surface area (Å²) in [5.74, 6) is -0.166. The van der Waals surface area contributed by atoms with Gasteiger partial charge in [0, 0.05) is 54.4 Å². The molecular weight excluding hydrogens is 423 g/mol. The van der Waals surface area contributed by atoms with E-state index in [9.17, 15) is 4.79 Å². The summed E-state index contributed by atoms with van der Waals surface area (Å²) in [6.07, 6.45) is 0.427. The van der Waals surface area contributed by atoms with Crippen molar-refractivity contribution in [3.63, 3.8) is 0 Å². The third-order valence-electron chi connectivity index (χ3n) is 5.35. The summed E-state index contributed by atoms with van der Waals surface area (Å²) >= 11 is 12.4.